The van der Waals surface area contributed by atoms with Crippen molar-refractivity contribution in [2.45, 2.75) is 31.6 Å². The Morgan fingerprint density at radius 3 is 2.45 bits per heavy atom. The number of carbonyl (C=O) groups excluding carboxylic acids is 2. The summed E-state index contributed by atoms with van der Waals surface area (Å²) < 4.78 is 40.9. The molecule has 6 nitrogen and oxygen atoms in total. The Bertz CT molecular complexity index is 1040. The van der Waals surface area contributed by atoms with Crippen LogP contribution in [0.2, 0.25) is 0 Å². The Morgan fingerprint density at radius 2 is 1.79 bits per heavy atom. The van der Waals surface area contributed by atoms with E-state index in [0.29, 0.717) is 18.4 Å². The maximum atomic E-state index is 13.9. The number of aryl methyl sites for hydroxylation is 1. The molecule has 0 bridgehead atoms. The number of ketones is 1. The summed E-state index contributed by atoms with van der Waals surface area (Å²) in [6.45, 7) is 3.55. The summed E-state index contributed by atoms with van der Waals surface area (Å²) in [5.74, 6) is -1.43. The molecule has 1 fully saturated rings. The van der Waals surface area contributed by atoms with Crippen molar-refractivity contribution in [2.75, 3.05) is 18.4 Å². The van der Waals surface area contributed by atoms with Gasteiger partial charge < -0.3 is 5.32 Å². The molecule has 0 atom stereocenters. The first-order valence-electron chi connectivity index (χ1n) is 9.36. The van der Waals surface area contributed by atoms with Crippen LogP contribution in [0.3, 0.4) is 0 Å². The van der Waals surface area contributed by atoms with Gasteiger partial charge in [-0.2, -0.15) is 4.31 Å². The molecule has 1 aliphatic rings. The average molecular weight is 418 g/mol. The van der Waals surface area contributed by atoms with Crippen LogP contribution in [0.25, 0.3) is 0 Å². The molecule has 0 saturated carbocycles. The zero-order chi connectivity index (χ0) is 21.2. The van der Waals surface area contributed by atoms with Crippen LogP contribution in [0, 0.1) is 18.7 Å². The van der Waals surface area contributed by atoms with Crippen LogP contribution < -0.4 is 5.32 Å². The largest absolute Gasteiger partial charge is 0.323 e. The molecule has 2 aromatic rings. The highest BCUT2D eigenvalue weighted by Gasteiger charge is 2.32. The van der Waals surface area contributed by atoms with E-state index in [-0.39, 0.29) is 35.4 Å². The minimum atomic E-state index is -3.75. The lowest BCUT2D eigenvalue weighted by molar-refractivity contribution is -0.120. The maximum absolute atomic E-state index is 13.9. The Labute approximate surface area is 169 Å². The predicted molar refractivity (Wildman–Crippen MR) is 108 cm³/mol. The molecule has 3 rings (SSSR count). The maximum Gasteiger partial charge on any atom is 0.243 e. The van der Waals surface area contributed by atoms with Crippen LogP contribution in [-0.2, 0) is 14.8 Å². The minimum absolute atomic E-state index is 0.0648. The van der Waals surface area contributed by atoms with E-state index >= 15 is 0 Å². The van der Waals surface area contributed by atoms with Gasteiger partial charge in [-0.3, -0.25) is 9.59 Å². The highest BCUT2D eigenvalue weighted by molar-refractivity contribution is 7.89. The SMILES string of the molecule is CC(=O)c1cccc(S(=O)(=O)N2CCC(C(=O)Nc3cc(C)ccc3F)CC2)c1. The number of nitrogens with one attached hydrogen (secondary N) is 1. The quantitative estimate of drug-likeness (QED) is 0.755. The fraction of sp³-hybridized carbons (Fsp3) is 0.333. The summed E-state index contributed by atoms with van der Waals surface area (Å²) in [4.78, 5) is 24.1. The molecule has 0 spiro atoms. The van der Waals surface area contributed by atoms with Gasteiger partial charge in [-0.1, -0.05) is 18.2 Å². The summed E-state index contributed by atoms with van der Waals surface area (Å²) in [5.41, 5.74) is 1.29. The molecular weight excluding hydrogens is 395 g/mol. The molecule has 0 aromatic heterocycles. The van der Waals surface area contributed by atoms with Crippen molar-refractivity contribution in [2.24, 2.45) is 5.92 Å². The van der Waals surface area contributed by atoms with Crippen molar-refractivity contribution in [3.63, 3.8) is 0 Å². The van der Waals surface area contributed by atoms with Crippen molar-refractivity contribution < 1.29 is 22.4 Å². The zero-order valence-electron chi connectivity index (χ0n) is 16.3. The number of amides is 1. The van der Waals surface area contributed by atoms with E-state index in [1.165, 1.54) is 29.4 Å². The van der Waals surface area contributed by atoms with Crippen molar-refractivity contribution in [1.82, 2.24) is 4.31 Å². The summed E-state index contributed by atoms with van der Waals surface area (Å²) >= 11 is 0. The zero-order valence-corrected chi connectivity index (χ0v) is 17.1. The molecule has 1 amide bonds. The van der Waals surface area contributed by atoms with Gasteiger partial charge in [0.05, 0.1) is 10.6 Å². The van der Waals surface area contributed by atoms with Crippen LogP contribution >= 0.6 is 0 Å². The molecule has 2 aromatic carbocycles. The lowest BCUT2D eigenvalue weighted by Crippen LogP contribution is -2.41. The highest BCUT2D eigenvalue weighted by atomic mass is 32.2. The van der Waals surface area contributed by atoms with Gasteiger partial charge in [-0.25, -0.2) is 12.8 Å². The number of carbonyl (C=O) groups is 2. The van der Waals surface area contributed by atoms with Gasteiger partial charge in [0.15, 0.2) is 5.78 Å². The molecule has 29 heavy (non-hydrogen) atoms. The lowest BCUT2D eigenvalue weighted by atomic mass is 9.97. The number of hydrogen-bond donors (Lipinski definition) is 1. The van der Waals surface area contributed by atoms with Gasteiger partial charge in [0.25, 0.3) is 0 Å². The summed E-state index contributed by atoms with van der Waals surface area (Å²) in [6, 6.07) is 10.4. The van der Waals surface area contributed by atoms with Gasteiger partial charge in [0.1, 0.15) is 5.82 Å². The second-order valence-electron chi connectivity index (χ2n) is 7.23. The number of halogens is 1. The Balaban J connectivity index is 1.66. The third-order valence-corrected chi connectivity index (χ3v) is 6.98. The van der Waals surface area contributed by atoms with E-state index in [0.717, 1.165) is 5.56 Å². The van der Waals surface area contributed by atoms with Crippen LogP contribution in [0.5, 0.6) is 0 Å². The smallest absolute Gasteiger partial charge is 0.243 e. The number of nitrogens with zero attached hydrogens (tertiary/aromatic N) is 1. The van der Waals surface area contributed by atoms with E-state index in [9.17, 15) is 22.4 Å². The first kappa shape index (κ1) is 21.1. The minimum Gasteiger partial charge on any atom is -0.323 e. The second kappa shape index (κ2) is 8.42. The van der Waals surface area contributed by atoms with Crippen molar-refractivity contribution in [3.8, 4) is 0 Å². The lowest BCUT2D eigenvalue weighted by Gasteiger charge is -2.30. The molecule has 1 N–H and O–H groups in total. The number of Topliss-reactive ketones (excluding diaryl/α,β-unsaturated/α-hetero) is 1. The molecule has 0 unspecified atom stereocenters. The monoisotopic (exact) mass is 418 g/mol. The number of sulfonamides is 1. The van der Waals surface area contributed by atoms with E-state index in [1.807, 2.05) is 0 Å². The van der Waals surface area contributed by atoms with E-state index < -0.39 is 21.8 Å². The fourth-order valence-electron chi connectivity index (χ4n) is 3.35. The van der Waals surface area contributed by atoms with Gasteiger partial charge in [0.2, 0.25) is 15.9 Å². The standard InChI is InChI=1S/C21H23FN2O4S/c1-14-6-7-19(22)20(12-14)23-21(26)16-8-10-24(11-9-16)29(27,28)18-5-3-4-17(13-18)15(2)25/h3-7,12-13,16H,8-11H2,1-2H3,(H,23,26). The molecular formula is C21H23FN2O4S. The fourth-order valence-corrected chi connectivity index (χ4v) is 4.87. The number of benzene rings is 2. The summed E-state index contributed by atoms with van der Waals surface area (Å²) in [6.07, 6.45) is 0.676. The van der Waals surface area contributed by atoms with Crippen molar-refractivity contribution in [1.29, 1.82) is 0 Å². The topological polar surface area (TPSA) is 83.6 Å². The first-order valence-corrected chi connectivity index (χ1v) is 10.8. The molecule has 0 aliphatic carbocycles. The number of hydrogen-bond acceptors (Lipinski definition) is 4. The average Bonchev–Trinajstić information content (AvgIpc) is 2.71. The third kappa shape index (κ3) is 4.71. The summed E-state index contributed by atoms with van der Waals surface area (Å²) in [5, 5.41) is 2.61. The number of piperidine rings is 1. The number of anilines is 1. The normalized spacial score (nSPS) is 15.8. The molecule has 8 heteroatoms. The van der Waals surface area contributed by atoms with E-state index in [2.05, 4.69) is 5.32 Å². The Kier molecular flexibility index (Phi) is 6.14. The van der Waals surface area contributed by atoms with Crippen LogP contribution in [0.1, 0.15) is 35.7 Å². The highest BCUT2D eigenvalue weighted by Crippen LogP contribution is 2.26. The Hall–Kier alpha value is -2.58. The van der Waals surface area contributed by atoms with E-state index in [1.54, 1.807) is 31.2 Å². The molecule has 0 radical (unpaired) electrons. The van der Waals surface area contributed by atoms with Crippen molar-refractivity contribution in [3.05, 3.63) is 59.4 Å². The predicted octanol–water partition coefficient (Wildman–Crippen LogP) is 3.38. The van der Waals surface area contributed by atoms with Crippen LogP contribution in [-0.4, -0.2) is 37.5 Å². The molecule has 1 heterocycles. The van der Waals surface area contributed by atoms with E-state index in [4.69, 9.17) is 0 Å². The van der Waals surface area contributed by atoms with Gasteiger partial charge in [-0.05, 0) is 56.5 Å². The first-order chi connectivity index (χ1) is 13.7. The van der Waals surface area contributed by atoms with Gasteiger partial charge in [-0.15, -0.1) is 0 Å². The van der Waals surface area contributed by atoms with Crippen molar-refractivity contribution >= 4 is 27.4 Å². The molecule has 1 aliphatic heterocycles. The van der Waals surface area contributed by atoms with Crippen LogP contribution in [0.15, 0.2) is 47.4 Å². The van der Waals surface area contributed by atoms with Gasteiger partial charge in [0, 0.05) is 24.6 Å². The second-order valence-corrected chi connectivity index (χ2v) is 9.17. The molecule has 154 valence electrons. The third-order valence-electron chi connectivity index (χ3n) is 5.08. The van der Waals surface area contributed by atoms with Gasteiger partial charge >= 0.3 is 0 Å². The Morgan fingerprint density at radius 1 is 1.10 bits per heavy atom. The summed E-state index contributed by atoms with van der Waals surface area (Å²) in [7, 11) is -3.75. The van der Waals surface area contributed by atoms with Crippen LogP contribution in [0.4, 0.5) is 10.1 Å². The number of rotatable bonds is 5. The molecule has 1 saturated heterocycles.